The highest BCUT2D eigenvalue weighted by molar-refractivity contribution is 7.92. The van der Waals surface area contributed by atoms with E-state index >= 15 is 0 Å². The van der Waals surface area contributed by atoms with Gasteiger partial charge in [0, 0.05) is 13.1 Å². The number of hydrogen-bond acceptors (Lipinski definition) is 3. The van der Waals surface area contributed by atoms with E-state index < -0.39 is 10.0 Å². The predicted octanol–water partition coefficient (Wildman–Crippen LogP) is 3.81. The Kier molecular flexibility index (Phi) is 6.39. The molecule has 0 spiro atoms. The molecular weight excluding hydrogens is 372 g/mol. The maximum absolute atomic E-state index is 12.8. The number of anilines is 1. The minimum atomic E-state index is -3.61. The average Bonchev–Trinajstić information content (AvgIpc) is 2.69. The van der Waals surface area contributed by atoms with Crippen molar-refractivity contribution in [3.63, 3.8) is 0 Å². The van der Waals surface area contributed by atoms with Crippen LogP contribution < -0.4 is 9.62 Å². The van der Waals surface area contributed by atoms with Gasteiger partial charge in [-0.15, -0.1) is 0 Å². The molecule has 1 amide bonds. The van der Waals surface area contributed by atoms with Crippen LogP contribution in [0.1, 0.15) is 43.2 Å². The van der Waals surface area contributed by atoms with Gasteiger partial charge in [-0.05, 0) is 49.6 Å². The van der Waals surface area contributed by atoms with Gasteiger partial charge >= 0.3 is 0 Å². The second-order valence-electron chi connectivity index (χ2n) is 7.53. The SMILES string of the molecule is Cc1ccc(S(=O)(=O)N(C)c2ccc(CC(=O)NC3CCCCC3)cc2)cc1. The van der Waals surface area contributed by atoms with Crippen molar-refractivity contribution in [3.05, 3.63) is 59.7 Å². The summed E-state index contributed by atoms with van der Waals surface area (Å²) in [5.41, 5.74) is 2.45. The van der Waals surface area contributed by atoms with Crippen molar-refractivity contribution < 1.29 is 13.2 Å². The Bertz CT molecular complexity index is 900. The van der Waals surface area contributed by atoms with Crippen molar-refractivity contribution in [2.24, 2.45) is 0 Å². The molecule has 28 heavy (non-hydrogen) atoms. The van der Waals surface area contributed by atoms with Gasteiger partial charge in [-0.25, -0.2) is 8.42 Å². The first kappa shape index (κ1) is 20.4. The molecular formula is C22H28N2O3S. The highest BCUT2D eigenvalue weighted by Gasteiger charge is 2.21. The fourth-order valence-electron chi connectivity index (χ4n) is 3.54. The summed E-state index contributed by atoms with van der Waals surface area (Å²) in [6.07, 6.45) is 6.06. The van der Waals surface area contributed by atoms with Crippen LogP contribution in [0.2, 0.25) is 0 Å². The van der Waals surface area contributed by atoms with Crippen molar-refractivity contribution in [2.45, 2.75) is 56.4 Å². The molecule has 1 aliphatic rings. The molecule has 0 heterocycles. The number of carbonyl (C=O) groups is 1. The number of aryl methyl sites for hydroxylation is 1. The monoisotopic (exact) mass is 400 g/mol. The lowest BCUT2D eigenvalue weighted by atomic mass is 9.95. The van der Waals surface area contributed by atoms with E-state index in [1.54, 1.807) is 43.4 Å². The normalized spacial score (nSPS) is 15.2. The number of nitrogens with one attached hydrogen (secondary N) is 1. The lowest BCUT2D eigenvalue weighted by Gasteiger charge is -2.23. The fourth-order valence-corrected chi connectivity index (χ4v) is 4.74. The predicted molar refractivity (Wildman–Crippen MR) is 112 cm³/mol. The molecule has 0 saturated heterocycles. The van der Waals surface area contributed by atoms with E-state index in [1.165, 1.54) is 23.6 Å². The number of carbonyl (C=O) groups excluding carboxylic acids is 1. The molecule has 0 atom stereocenters. The van der Waals surface area contributed by atoms with E-state index in [9.17, 15) is 13.2 Å². The summed E-state index contributed by atoms with van der Waals surface area (Å²) < 4.78 is 26.8. The van der Waals surface area contributed by atoms with Crippen molar-refractivity contribution in [2.75, 3.05) is 11.4 Å². The lowest BCUT2D eigenvalue weighted by Crippen LogP contribution is -2.37. The summed E-state index contributed by atoms with van der Waals surface area (Å²) in [5.74, 6) is 0.0280. The highest BCUT2D eigenvalue weighted by Crippen LogP contribution is 2.23. The Morgan fingerprint density at radius 2 is 1.61 bits per heavy atom. The lowest BCUT2D eigenvalue weighted by molar-refractivity contribution is -0.121. The number of benzene rings is 2. The van der Waals surface area contributed by atoms with E-state index in [0.29, 0.717) is 18.2 Å². The number of sulfonamides is 1. The number of nitrogens with zero attached hydrogens (tertiary/aromatic N) is 1. The quantitative estimate of drug-likeness (QED) is 0.802. The molecule has 6 heteroatoms. The summed E-state index contributed by atoms with van der Waals surface area (Å²) in [6, 6.07) is 14.2. The third kappa shape index (κ3) is 4.93. The van der Waals surface area contributed by atoms with E-state index in [-0.39, 0.29) is 10.8 Å². The van der Waals surface area contributed by atoms with Crippen LogP contribution in [-0.2, 0) is 21.2 Å². The van der Waals surface area contributed by atoms with Crippen LogP contribution in [0, 0.1) is 6.92 Å². The Morgan fingerprint density at radius 1 is 1.00 bits per heavy atom. The van der Waals surface area contributed by atoms with E-state index in [4.69, 9.17) is 0 Å². The first-order chi connectivity index (χ1) is 13.4. The molecule has 1 N–H and O–H groups in total. The van der Waals surface area contributed by atoms with Crippen LogP contribution in [0.3, 0.4) is 0 Å². The zero-order valence-electron chi connectivity index (χ0n) is 16.5. The fraction of sp³-hybridized carbons (Fsp3) is 0.409. The molecule has 0 bridgehead atoms. The third-order valence-corrected chi connectivity index (χ3v) is 7.11. The van der Waals surface area contributed by atoms with E-state index in [0.717, 1.165) is 24.0 Å². The zero-order chi connectivity index (χ0) is 20.1. The van der Waals surface area contributed by atoms with Crippen molar-refractivity contribution in [3.8, 4) is 0 Å². The van der Waals surface area contributed by atoms with Gasteiger partial charge in [-0.3, -0.25) is 9.10 Å². The van der Waals surface area contributed by atoms with Gasteiger partial charge in [0.05, 0.1) is 17.0 Å². The maximum atomic E-state index is 12.8. The van der Waals surface area contributed by atoms with E-state index in [2.05, 4.69) is 5.32 Å². The summed E-state index contributed by atoms with van der Waals surface area (Å²) in [4.78, 5) is 12.5. The minimum absolute atomic E-state index is 0.0280. The molecule has 1 saturated carbocycles. The highest BCUT2D eigenvalue weighted by atomic mass is 32.2. The van der Waals surface area contributed by atoms with Crippen LogP contribution in [0.15, 0.2) is 53.4 Å². The first-order valence-corrected chi connectivity index (χ1v) is 11.2. The van der Waals surface area contributed by atoms with Gasteiger partial charge in [0.2, 0.25) is 5.91 Å². The van der Waals surface area contributed by atoms with Gasteiger partial charge in [0.25, 0.3) is 10.0 Å². The summed E-state index contributed by atoms with van der Waals surface area (Å²) in [5, 5.41) is 3.11. The second-order valence-corrected chi connectivity index (χ2v) is 9.50. The number of hydrogen-bond donors (Lipinski definition) is 1. The largest absolute Gasteiger partial charge is 0.353 e. The molecule has 3 rings (SSSR count). The molecule has 150 valence electrons. The molecule has 2 aromatic rings. The van der Waals surface area contributed by atoms with Crippen LogP contribution in [-0.4, -0.2) is 27.4 Å². The van der Waals surface area contributed by atoms with Gasteiger partial charge in [0.1, 0.15) is 0 Å². The standard InChI is InChI=1S/C22H28N2O3S/c1-17-8-14-21(15-9-17)28(26,27)24(2)20-12-10-18(11-13-20)16-22(25)23-19-6-4-3-5-7-19/h8-15,19H,3-7,16H2,1-2H3,(H,23,25). The van der Waals surface area contributed by atoms with Gasteiger partial charge < -0.3 is 5.32 Å². The van der Waals surface area contributed by atoms with Crippen LogP contribution in [0.4, 0.5) is 5.69 Å². The molecule has 0 unspecified atom stereocenters. The topological polar surface area (TPSA) is 66.5 Å². The van der Waals surface area contributed by atoms with Gasteiger partial charge in [-0.1, -0.05) is 49.1 Å². The Labute approximate surface area is 167 Å². The molecule has 5 nitrogen and oxygen atoms in total. The van der Waals surface area contributed by atoms with Gasteiger partial charge in [0.15, 0.2) is 0 Å². The van der Waals surface area contributed by atoms with Gasteiger partial charge in [-0.2, -0.15) is 0 Å². The molecule has 1 fully saturated rings. The average molecular weight is 401 g/mol. The van der Waals surface area contributed by atoms with E-state index in [1.807, 2.05) is 19.1 Å². The number of rotatable bonds is 6. The summed E-state index contributed by atoms with van der Waals surface area (Å²) in [6.45, 7) is 1.92. The van der Waals surface area contributed by atoms with Crippen molar-refractivity contribution in [1.82, 2.24) is 5.32 Å². The Morgan fingerprint density at radius 3 is 2.21 bits per heavy atom. The molecule has 0 aliphatic heterocycles. The molecule has 0 radical (unpaired) electrons. The van der Waals surface area contributed by atoms with Crippen molar-refractivity contribution in [1.29, 1.82) is 0 Å². The molecule has 0 aromatic heterocycles. The second kappa shape index (κ2) is 8.78. The zero-order valence-corrected chi connectivity index (χ0v) is 17.3. The Hall–Kier alpha value is -2.34. The summed E-state index contributed by atoms with van der Waals surface area (Å²) >= 11 is 0. The number of amides is 1. The molecule has 1 aliphatic carbocycles. The van der Waals surface area contributed by atoms with Crippen LogP contribution in [0.25, 0.3) is 0 Å². The smallest absolute Gasteiger partial charge is 0.264 e. The van der Waals surface area contributed by atoms with Crippen LogP contribution in [0.5, 0.6) is 0 Å². The minimum Gasteiger partial charge on any atom is -0.353 e. The van der Waals surface area contributed by atoms with Crippen molar-refractivity contribution >= 4 is 21.6 Å². The summed E-state index contributed by atoms with van der Waals surface area (Å²) in [7, 11) is -2.07. The third-order valence-electron chi connectivity index (χ3n) is 5.31. The first-order valence-electron chi connectivity index (χ1n) is 9.80. The maximum Gasteiger partial charge on any atom is 0.264 e. The molecule has 2 aromatic carbocycles. The Balaban J connectivity index is 1.64. The van der Waals surface area contributed by atoms with Crippen LogP contribution >= 0.6 is 0 Å².